The molecule has 1 aromatic carbocycles. The molecule has 1 N–H and O–H groups in total. The van der Waals surface area contributed by atoms with Gasteiger partial charge in [0.05, 0.1) is 7.11 Å². The summed E-state index contributed by atoms with van der Waals surface area (Å²) in [6, 6.07) is 7.07. The molecular weight excluding hydrogens is 234 g/mol. The van der Waals surface area contributed by atoms with Crippen molar-refractivity contribution in [1.29, 1.82) is 0 Å². The molecule has 0 aliphatic heterocycles. The van der Waals surface area contributed by atoms with Crippen molar-refractivity contribution in [2.24, 2.45) is 0 Å². The number of benzene rings is 1. The van der Waals surface area contributed by atoms with Gasteiger partial charge in [0.15, 0.2) is 0 Å². The monoisotopic (exact) mass is 261 g/mol. The van der Waals surface area contributed by atoms with E-state index >= 15 is 0 Å². The van der Waals surface area contributed by atoms with Gasteiger partial charge in [0.2, 0.25) is 0 Å². The van der Waals surface area contributed by atoms with E-state index in [0.717, 1.165) is 18.7 Å². The number of ether oxygens (including phenoxy) is 1. The van der Waals surface area contributed by atoms with Crippen LogP contribution >= 0.6 is 0 Å². The summed E-state index contributed by atoms with van der Waals surface area (Å²) in [6.45, 7) is 3.42. The number of hydrogen-bond acceptors (Lipinski definition) is 2. The van der Waals surface area contributed by atoms with Crippen molar-refractivity contribution < 1.29 is 4.74 Å². The van der Waals surface area contributed by atoms with Crippen LogP contribution in [0.1, 0.15) is 50.2 Å². The Hall–Kier alpha value is -1.02. The number of methoxy groups -OCH3 is 1. The second kappa shape index (κ2) is 7.54. The number of rotatable bonds is 7. The Morgan fingerprint density at radius 2 is 2.16 bits per heavy atom. The molecule has 0 fully saturated rings. The van der Waals surface area contributed by atoms with Gasteiger partial charge in [-0.05, 0) is 49.4 Å². The van der Waals surface area contributed by atoms with Gasteiger partial charge < -0.3 is 10.1 Å². The van der Waals surface area contributed by atoms with Crippen LogP contribution in [0.3, 0.4) is 0 Å². The van der Waals surface area contributed by atoms with Crippen molar-refractivity contribution in [1.82, 2.24) is 5.32 Å². The zero-order valence-electron chi connectivity index (χ0n) is 12.4. The maximum Gasteiger partial charge on any atom is 0.122 e. The van der Waals surface area contributed by atoms with Crippen LogP contribution in [0.4, 0.5) is 0 Å². The topological polar surface area (TPSA) is 21.3 Å². The Balaban J connectivity index is 1.84. The molecular formula is C17H27NO. The van der Waals surface area contributed by atoms with Crippen molar-refractivity contribution in [3.8, 4) is 5.75 Å². The number of hydrogen-bond donors (Lipinski definition) is 1. The van der Waals surface area contributed by atoms with E-state index < -0.39 is 0 Å². The van der Waals surface area contributed by atoms with Crippen LogP contribution in [0.2, 0.25) is 0 Å². The highest BCUT2D eigenvalue weighted by Gasteiger charge is 2.20. The Kier molecular flexibility index (Phi) is 5.71. The lowest BCUT2D eigenvalue weighted by atomic mass is 9.87. The molecule has 1 aromatic rings. The lowest BCUT2D eigenvalue weighted by Crippen LogP contribution is -2.35. The lowest BCUT2D eigenvalue weighted by molar-refractivity contribution is 0.393. The minimum atomic E-state index is 0.630. The molecule has 0 bridgehead atoms. The molecule has 0 saturated heterocycles. The first-order valence-electron chi connectivity index (χ1n) is 7.73. The molecule has 0 saturated carbocycles. The molecule has 0 aromatic heterocycles. The fourth-order valence-corrected chi connectivity index (χ4v) is 2.98. The molecule has 0 spiro atoms. The van der Waals surface area contributed by atoms with Crippen molar-refractivity contribution >= 4 is 0 Å². The first-order chi connectivity index (χ1) is 9.35. The molecule has 0 radical (unpaired) electrons. The third-order valence-electron chi connectivity index (χ3n) is 4.13. The summed E-state index contributed by atoms with van der Waals surface area (Å²) in [5, 5.41) is 3.72. The molecule has 1 aliphatic rings. The predicted octanol–water partition coefficient (Wildman–Crippen LogP) is 3.72. The highest BCUT2D eigenvalue weighted by atomic mass is 16.5. The molecule has 0 amide bonds. The number of fused-ring (bicyclic) bond motifs is 1. The van der Waals surface area contributed by atoms with Crippen molar-refractivity contribution in [2.75, 3.05) is 13.7 Å². The maximum absolute atomic E-state index is 5.49. The molecule has 0 heterocycles. The van der Waals surface area contributed by atoms with Crippen molar-refractivity contribution in [2.45, 2.75) is 57.9 Å². The van der Waals surface area contributed by atoms with Crippen LogP contribution in [-0.4, -0.2) is 19.7 Å². The van der Waals surface area contributed by atoms with E-state index in [1.807, 2.05) is 0 Å². The SMILES string of the molecule is CCCCCCNC1CCc2cccc(OC)c2C1. The van der Waals surface area contributed by atoms with Crippen LogP contribution < -0.4 is 10.1 Å². The zero-order valence-corrected chi connectivity index (χ0v) is 12.4. The van der Waals surface area contributed by atoms with Crippen molar-refractivity contribution in [3.05, 3.63) is 29.3 Å². The highest BCUT2D eigenvalue weighted by Crippen LogP contribution is 2.29. The molecule has 1 unspecified atom stereocenters. The summed E-state index contributed by atoms with van der Waals surface area (Å²) in [4.78, 5) is 0. The van der Waals surface area contributed by atoms with E-state index in [1.54, 1.807) is 7.11 Å². The minimum absolute atomic E-state index is 0.630. The third-order valence-corrected chi connectivity index (χ3v) is 4.13. The van der Waals surface area contributed by atoms with Gasteiger partial charge in [-0.25, -0.2) is 0 Å². The molecule has 2 nitrogen and oxygen atoms in total. The predicted molar refractivity (Wildman–Crippen MR) is 81.0 cm³/mol. The Labute approximate surface area is 117 Å². The average molecular weight is 261 g/mol. The number of aryl methyl sites for hydroxylation is 1. The standard InChI is InChI=1S/C17H27NO/c1-3-4-5-6-12-18-15-11-10-14-8-7-9-17(19-2)16(14)13-15/h7-9,15,18H,3-6,10-13H2,1-2H3. The summed E-state index contributed by atoms with van der Waals surface area (Å²) in [6.07, 6.45) is 8.90. The summed E-state index contributed by atoms with van der Waals surface area (Å²) >= 11 is 0. The van der Waals surface area contributed by atoms with E-state index in [4.69, 9.17) is 4.74 Å². The summed E-state index contributed by atoms with van der Waals surface area (Å²) in [5.74, 6) is 1.06. The van der Waals surface area contributed by atoms with E-state index in [-0.39, 0.29) is 0 Å². The molecule has 2 rings (SSSR count). The summed E-state index contributed by atoms with van der Waals surface area (Å²) in [5.41, 5.74) is 2.89. The van der Waals surface area contributed by atoms with Crippen LogP contribution in [0.25, 0.3) is 0 Å². The first-order valence-corrected chi connectivity index (χ1v) is 7.73. The molecule has 106 valence electrons. The number of nitrogens with one attached hydrogen (secondary N) is 1. The fourth-order valence-electron chi connectivity index (χ4n) is 2.98. The molecule has 19 heavy (non-hydrogen) atoms. The van der Waals surface area contributed by atoms with Crippen molar-refractivity contribution in [3.63, 3.8) is 0 Å². The smallest absolute Gasteiger partial charge is 0.122 e. The lowest BCUT2D eigenvalue weighted by Gasteiger charge is -2.27. The maximum atomic E-state index is 5.49. The Morgan fingerprint density at radius 3 is 2.95 bits per heavy atom. The Bertz CT molecular complexity index is 375. The third kappa shape index (κ3) is 3.97. The van der Waals surface area contributed by atoms with Crippen LogP contribution in [0.15, 0.2) is 18.2 Å². The van der Waals surface area contributed by atoms with Gasteiger partial charge >= 0.3 is 0 Å². The van der Waals surface area contributed by atoms with E-state index in [1.165, 1.54) is 49.7 Å². The summed E-state index contributed by atoms with van der Waals surface area (Å²) in [7, 11) is 1.78. The second-order valence-corrected chi connectivity index (χ2v) is 5.55. The summed E-state index contributed by atoms with van der Waals surface area (Å²) < 4.78 is 5.49. The van der Waals surface area contributed by atoms with E-state index in [0.29, 0.717) is 6.04 Å². The second-order valence-electron chi connectivity index (χ2n) is 5.55. The normalized spacial score (nSPS) is 18.1. The van der Waals surface area contributed by atoms with Gasteiger partial charge in [-0.3, -0.25) is 0 Å². The zero-order chi connectivity index (χ0) is 13.5. The molecule has 2 heteroatoms. The van der Waals surface area contributed by atoms with Gasteiger partial charge in [-0.15, -0.1) is 0 Å². The first kappa shape index (κ1) is 14.4. The number of unbranched alkanes of at least 4 members (excludes halogenated alkanes) is 3. The highest BCUT2D eigenvalue weighted by molar-refractivity contribution is 5.42. The molecule has 1 atom stereocenters. The average Bonchev–Trinajstić information content (AvgIpc) is 2.46. The van der Waals surface area contributed by atoms with Gasteiger partial charge in [0, 0.05) is 6.04 Å². The van der Waals surface area contributed by atoms with Gasteiger partial charge in [-0.2, -0.15) is 0 Å². The molecule has 1 aliphatic carbocycles. The van der Waals surface area contributed by atoms with Gasteiger partial charge in [-0.1, -0.05) is 38.3 Å². The van der Waals surface area contributed by atoms with Gasteiger partial charge in [0.1, 0.15) is 5.75 Å². The quantitative estimate of drug-likeness (QED) is 0.755. The largest absolute Gasteiger partial charge is 0.496 e. The fraction of sp³-hybridized carbons (Fsp3) is 0.647. The van der Waals surface area contributed by atoms with E-state index in [9.17, 15) is 0 Å². The van der Waals surface area contributed by atoms with E-state index in [2.05, 4.69) is 30.4 Å². The van der Waals surface area contributed by atoms with Crippen LogP contribution in [-0.2, 0) is 12.8 Å². The van der Waals surface area contributed by atoms with Crippen LogP contribution in [0.5, 0.6) is 5.75 Å². The Morgan fingerprint density at radius 1 is 1.26 bits per heavy atom. The van der Waals surface area contributed by atoms with Crippen LogP contribution in [0, 0.1) is 0 Å². The van der Waals surface area contributed by atoms with Gasteiger partial charge in [0.25, 0.3) is 0 Å². The minimum Gasteiger partial charge on any atom is -0.496 e.